The van der Waals surface area contributed by atoms with Crippen LogP contribution in [0.25, 0.3) is 0 Å². The summed E-state index contributed by atoms with van der Waals surface area (Å²) in [6, 6.07) is -1.32. The average Bonchev–Trinajstić information content (AvgIpc) is 3.32. The molecule has 4 aliphatic rings. The molecule has 0 spiro atoms. The van der Waals surface area contributed by atoms with Gasteiger partial charge in [-0.25, -0.2) is 0 Å². The number of hydrogen-bond acceptors (Lipinski definition) is 7. The maximum atomic E-state index is 10.6. The molecule has 6 N–H and O–H groups in total. The van der Waals surface area contributed by atoms with Gasteiger partial charge in [-0.1, -0.05) is 65.5 Å². The lowest BCUT2D eigenvalue weighted by Crippen LogP contribution is -2.53. The van der Waals surface area contributed by atoms with E-state index in [1.165, 1.54) is 57.8 Å². The molecule has 3 saturated carbocycles. The number of carbonyl (C=O) groups excluding carboxylic acids is 2. The van der Waals surface area contributed by atoms with Crippen LogP contribution in [0, 0.1) is 46.3 Å². The van der Waals surface area contributed by atoms with E-state index in [0.29, 0.717) is 10.8 Å². The van der Waals surface area contributed by atoms with Crippen molar-refractivity contribution in [2.45, 2.75) is 143 Å². The molecule has 1 amide bonds. The quantitative estimate of drug-likeness (QED) is 0.153. The van der Waals surface area contributed by atoms with Gasteiger partial charge >= 0.3 is 0 Å². The number of aliphatic hydroxyl groups excluding tert-OH is 5. The summed E-state index contributed by atoms with van der Waals surface area (Å²) in [5.74, 6) is 4.90. The molecule has 3 fully saturated rings. The summed E-state index contributed by atoms with van der Waals surface area (Å²) in [6.07, 6.45) is 12.4. The summed E-state index contributed by atoms with van der Waals surface area (Å²) in [5.41, 5.74) is 2.60. The van der Waals surface area contributed by atoms with Crippen molar-refractivity contribution in [3.63, 3.8) is 0 Å². The zero-order valence-corrected chi connectivity index (χ0v) is 27.5. The Bertz CT molecular complexity index is 954. The van der Waals surface area contributed by atoms with Crippen LogP contribution in [0.4, 0.5) is 0 Å². The van der Waals surface area contributed by atoms with Crippen molar-refractivity contribution in [2.75, 3.05) is 6.61 Å². The van der Waals surface area contributed by atoms with E-state index in [0.717, 1.165) is 55.3 Å². The standard InChI is InChI=1S/C27H46O.C8H15NO6/c1-18(2)7-6-8-19(3)23-11-12-24-22-10-9-20-17-21(28)13-15-26(20,4)25(22)14-16-27(23,24)5;1-4(12)9-5(2-10)7(14)8(15)6(13)3-11/h9,18-19,21-25,28H,6-8,10-17H2,1-5H3;2,5-8,11,13-15H,3H2,1H3,(H,9,12)/t19-,21+,22+,23-,24+,25+,26+,27-;5-,6+,7+,8-/m10/s1. The molecule has 8 heteroatoms. The van der Waals surface area contributed by atoms with Crippen molar-refractivity contribution in [1.29, 1.82) is 0 Å². The highest BCUT2D eigenvalue weighted by Gasteiger charge is 2.59. The Labute approximate surface area is 259 Å². The fourth-order valence-electron chi connectivity index (χ4n) is 9.65. The molecule has 12 atom stereocenters. The molecule has 0 heterocycles. The van der Waals surface area contributed by atoms with Gasteiger partial charge in [0.15, 0.2) is 0 Å². The average molecular weight is 608 g/mol. The number of allylic oxidation sites excluding steroid dienone is 1. The van der Waals surface area contributed by atoms with Gasteiger partial charge in [-0.05, 0) is 97.7 Å². The Morgan fingerprint density at radius 2 is 1.72 bits per heavy atom. The highest BCUT2D eigenvalue weighted by atomic mass is 16.4. The van der Waals surface area contributed by atoms with Crippen molar-refractivity contribution in [3.8, 4) is 0 Å². The molecular weight excluding hydrogens is 546 g/mol. The predicted octanol–water partition coefficient (Wildman–Crippen LogP) is 4.15. The second-order valence-electron chi connectivity index (χ2n) is 15.3. The third-order valence-electron chi connectivity index (χ3n) is 12.1. The van der Waals surface area contributed by atoms with Gasteiger partial charge in [0.1, 0.15) is 30.6 Å². The lowest BCUT2D eigenvalue weighted by molar-refractivity contribution is -0.129. The molecule has 43 heavy (non-hydrogen) atoms. The van der Waals surface area contributed by atoms with Gasteiger partial charge in [0, 0.05) is 6.92 Å². The number of aliphatic hydroxyl groups is 5. The summed E-state index contributed by atoms with van der Waals surface area (Å²) in [6.45, 7) is 12.9. The third-order valence-corrected chi connectivity index (χ3v) is 12.1. The first-order valence-corrected chi connectivity index (χ1v) is 16.9. The zero-order chi connectivity index (χ0) is 32.1. The van der Waals surface area contributed by atoms with Crippen LogP contribution in [-0.2, 0) is 9.59 Å². The molecule has 248 valence electrons. The first-order chi connectivity index (χ1) is 20.2. The smallest absolute Gasteiger partial charge is 0.217 e. The predicted molar refractivity (Wildman–Crippen MR) is 168 cm³/mol. The number of amides is 1. The molecule has 8 nitrogen and oxygen atoms in total. The van der Waals surface area contributed by atoms with Crippen LogP contribution in [0.2, 0.25) is 0 Å². The Kier molecular flexibility index (Phi) is 12.9. The molecule has 0 saturated heterocycles. The third kappa shape index (κ3) is 8.10. The normalized spacial score (nSPS) is 36.8. The number of nitrogens with one attached hydrogen (secondary N) is 1. The monoisotopic (exact) mass is 607 g/mol. The van der Waals surface area contributed by atoms with Gasteiger partial charge in [-0.15, -0.1) is 0 Å². The number of aldehydes is 1. The van der Waals surface area contributed by atoms with Gasteiger partial charge in [-0.3, -0.25) is 4.79 Å². The molecule has 0 bridgehead atoms. The van der Waals surface area contributed by atoms with Crippen LogP contribution in [0.3, 0.4) is 0 Å². The fourth-order valence-corrected chi connectivity index (χ4v) is 9.65. The van der Waals surface area contributed by atoms with Crippen molar-refractivity contribution >= 4 is 12.2 Å². The highest BCUT2D eigenvalue weighted by Crippen LogP contribution is 2.67. The topological polar surface area (TPSA) is 147 Å². The summed E-state index contributed by atoms with van der Waals surface area (Å²) in [5, 5.41) is 48.4. The van der Waals surface area contributed by atoms with Crippen LogP contribution in [0.1, 0.15) is 112 Å². The second kappa shape index (κ2) is 15.3. The van der Waals surface area contributed by atoms with Crippen LogP contribution < -0.4 is 5.32 Å². The Morgan fingerprint density at radius 3 is 2.33 bits per heavy atom. The number of hydrogen-bond donors (Lipinski definition) is 6. The maximum Gasteiger partial charge on any atom is 0.217 e. The molecule has 0 unspecified atom stereocenters. The second-order valence-corrected chi connectivity index (χ2v) is 15.3. The first kappa shape index (κ1) is 36.2. The van der Waals surface area contributed by atoms with Gasteiger partial charge < -0.3 is 35.6 Å². The van der Waals surface area contributed by atoms with Crippen molar-refractivity contribution in [1.82, 2.24) is 5.32 Å². The van der Waals surface area contributed by atoms with E-state index in [2.05, 4.69) is 46.0 Å². The summed E-state index contributed by atoms with van der Waals surface area (Å²) < 4.78 is 0. The lowest BCUT2D eigenvalue weighted by atomic mass is 9.47. The largest absolute Gasteiger partial charge is 0.394 e. The van der Waals surface area contributed by atoms with Crippen molar-refractivity contribution in [3.05, 3.63) is 11.6 Å². The fraction of sp³-hybridized carbons (Fsp3) is 0.886. The minimum Gasteiger partial charge on any atom is -0.394 e. The van der Waals surface area contributed by atoms with E-state index in [1.54, 1.807) is 5.57 Å². The van der Waals surface area contributed by atoms with E-state index in [9.17, 15) is 24.9 Å². The number of carbonyl (C=O) groups is 2. The number of rotatable bonds is 11. The van der Waals surface area contributed by atoms with Crippen molar-refractivity contribution in [2.24, 2.45) is 46.3 Å². The molecule has 4 aliphatic carbocycles. The SMILES string of the molecule is CC(=O)N[C@@H](C=O)[C@@H](O)[C@@H](O)[C@H](O)CO.CC(C)CCC[C@@H](C)[C@H]1CC[C@H]2[C@@H]3CC=C4C[C@@H](O)CC[C@]4(C)[C@H]3CC[C@]12C. The van der Waals surface area contributed by atoms with E-state index < -0.39 is 36.9 Å². The van der Waals surface area contributed by atoms with Gasteiger partial charge in [0.25, 0.3) is 0 Å². The van der Waals surface area contributed by atoms with Crippen LogP contribution >= 0.6 is 0 Å². The molecule has 4 rings (SSSR count). The first-order valence-electron chi connectivity index (χ1n) is 16.9. The van der Waals surface area contributed by atoms with Gasteiger partial charge in [0.2, 0.25) is 5.91 Å². The van der Waals surface area contributed by atoms with E-state index in [1.807, 2.05) is 0 Å². The Morgan fingerprint density at radius 1 is 1.02 bits per heavy atom. The van der Waals surface area contributed by atoms with E-state index in [-0.39, 0.29) is 12.4 Å². The maximum absolute atomic E-state index is 10.6. The summed E-state index contributed by atoms with van der Waals surface area (Å²) in [4.78, 5) is 21.1. The molecule has 0 aromatic carbocycles. The van der Waals surface area contributed by atoms with E-state index >= 15 is 0 Å². The zero-order valence-electron chi connectivity index (χ0n) is 27.5. The van der Waals surface area contributed by atoms with E-state index in [4.69, 9.17) is 10.2 Å². The molecular formula is C35H61NO7. The van der Waals surface area contributed by atoms with Gasteiger partial charge in [-0.2, -0.15) is 0 Å². The van der Waals surface area contributed by atoms with Crippen molar-refractivity contribution < 1.29 is 35.1 Å². The minimum absolute atomic E-state index is 0.0766. The summed E-state index contributed by atoms with van der Waals surface area (Å²) >= 11 is 0. The lowest BCUT2D eigenvalue weighted by Gasteiger charge is -2.58. The Hall–Kier alpha value is -1.32. The van der Waals surface area contributed by atoms with Crippen LogP contribution in [-0.4, -0.2) is 74.8 Å². The highest BCUT2D eigenvalue weighted by molar-refractivity contribution is 5.77. The Balaban J connectivity index is 0.000000289. The summed E-state index contributed by atoms with van der Waals surface area (Å²) in [7, 11) is 0. The molecule has 0 aliphatic heterocycles. The molecule has 0 aromatic heterocycles. The molecule has 0 radical (unpaired) electrons. The van der Waals surface area contributed by atoms with Crippen LogP contribution in [0.5, 0.6) is 0 Å². The van der Waals surface area contributed by atoms with Crippen LogP contribution in [0.15, 0.2) is 11.6 Å². The minimum atomic E-state index is -1.71. The number of fused-ring (bicyclic) bond motifs is 5. The molecule has 0 aromatic rings. The van der Waals surface area contributed by atoms with Gasteiger partial charge in [0.05, 0.1) is 12.7 Å².